The summed E-state index contributed by atoms with van der Waals surface area (Å²) in [6.45, 7) is 18.9. The van der Waals surface area contributed by atoms with E-state index in [2.05, 4.69) is 105 Å². The third kappa shape index (κ3) is 31.6. The second kappa shape index (κ2) is 48.2. The molecule has 0 amide bonds. The number of carbonyl (C=O) groups is 3. The van der Waals surface area contributed by atoms with Crippen LogP contribution in [-0.2, 0) is 93.3 Å². The summed E-state index contributed by atoms with van der Waals surface area (Å²) in [5.74, 6) is 0.980. The maximum atomic E-state index is 11.5. The number of benzene rings is 9. The van der Waals surface area contributed by atoms with Crippen LogP contribution in [0.15, 0.2) is 255 Å². The maximum Gasteiger partial charge on any atom is 0.320 e. The van der Waals surface area contributed by atoms with Gasteiger partial charge in [0, 0.05) is 111 Å². The summed E-state index contributed by atoms with van der Waals surface area (Å²) in [4.78, 5) is 53.5. The normalized spacial score (nSPS) is 11.8. The summed E-state index contributed by atoms with van der Waals surface area (Å²) < 4.78 is 37.3. The van der Waals surface area contributed by atoms with E-state index in [1.807, 2.05) is 191 Å². The number of aliphatic carboxylic acids is 3. The van der Waals surface area contributed by atoms with Crippen LogP contribution >= 0.6 is 34.8 Å². The Morgan fingerprint density at radius 3 is 0.959 bits per heavy atom. The zero-order valence-electron chi connectivity index (χ0n) is 70.3. The number of para-hydroxylation sites is 3. The minimum absolute atomic E-state index is 0.277. The molecule has 123 heavy (non-hydrogen) atoms. The highest BCUT2D eigenvalue weighted by molar-refractivity contribution is 6.31. The van der Waals surface area contributed by atoms with E-state index in [1.54, 1.807) is 30.7 Å². The second-order valence-electron chi connectivity index (χ2n) is 30.6. The highest BCUT2D eigenvalue weighted by Gasteiger charge is 2.24. The van der Waals surface area contributed by atoms with Crippen molar-refractivity contribution in [1.82, 2.24) is 29.7 Å². The molecule has 3 heterocycles. The lowest BCUT2D eigenvalue weighted by Crippen LogP contribution is -2.35. The van der Waals surface area contributed by atoms with Crippen molar-refractivity contribution in [2.24, 2.45) is 17.2 Å². The molecule has 9 aromatic carbocycles. The second-order valence-corrected chi connectivity index (χ2v) is 31.8. The van der Waals surface area contributed by atoms with Gasteiger partial charge in [-0.3, -0.25) is 29.1 Å². The fourth-order valence-electron chi connectivity index (χ4n) is 13.7. The Bertz CT molecular complexity index is 5310. The van der Waals surface area contributed by atoms with Gasteiger partial charge in [0.25, 0.3) is 0 Å². The number of rotatable bonds is 42. The summed E-state index contributed by atoms with van der Waals surface area (Å²) in [6, 6.07) is 75.2. The number of ether oxygens (including phenoxy) is 6. The van der Waals surface area contributed by atoms with Crippen LogP contribution in [0.5, 0.6) is 34.5 Å². The van der Waals surface area contributed by atoms with E-state index in [0.29, 0.717) is 126 Å². The van der Waals surface area contributed by atoms with E-state index < -0.39 is 36.0 Å². The molecule has 3 aromatic heterocycles. The molecule has 0 unspecified atom stereocenters. The molecule has 21 nitrogen and oxygen atoms in total. The largest absolute Gasteiger partial charge is 0.489 e. The zero-order chi connectivity index (χ0) is 87.6. The first-order valence-electron chi connectivity index (χ1n) is 40.7. The van der Waals surface area contributed by atoms with E-state index in [1.165, 1.54) is 16.7 Å². The lowest BCUT2D eigenvalue weighted by Gasteiger charge is -2.25. The summed E-state index contributed by atoms with van der Waals surface area (Å²) >= 11 is 19.0. The number of pyridine rings is 3. The number of halogens is 3. The number of carboxylic acids is 3. The summed E-state index contributed by atoms with van der Waals surface area (Å²) in [5.41, 5.74) is 36.5. The number of nitrogens with two attached hydrogens (primary N) is 3. The molecule has 0 aliphatic rings. The van der Waals surface area contributed by atoms with Gasteiger partial charge in [-0.1, -0.05) is 268 Å². The van der Waals surface area contributed by atoms with Crippen LogP contribution in [-0.4, -0.2) is 101 Å². The van der Waals surface area contributed by atoms with Crippen LogP contribution in [0.2, 0.25) is 15.5 Å². The van der Waals surface area contributed by atoms with E-state index in [4.69, 9.17) is 80.4 Å². The molecule has 3 atom stereocenters. The molecule has 9 N–H and O–H groups in total. The summed E-state index contributed by atoms with van der Waals surface area (Å²) in [6.07, 6.45) is 5.82. The Kier molecular flexibility index (Phi) is 36.7. The van der Waals surface area contributed by atoms with Crippen LogP contribution in [0.4, 0.5) is 0 Å². The van der Waals surface area contributed by atoms with Crippen LogP contribution in [0.1, 0.15) is 119 Å². The monoisotopic (exact) mass is 1720 g/mol. The first kappa shape index (κ1) is 93.5. The van der Waals surface area contributed by atoms with E-state index >= 15 is 0 Å². The van der Waals surface area contributed by atoms with Crippen molar-refractivity contribution in [2.45, 2.75) is 158 Å². The lowest BCUT2D eigenvalue weighted by atomic mass is 10.1. The molecule has 0 saturated carbocycles. The molecule has 12 rings (SSSR count). The first-order chi connectivity index (χ1) is 59.3. The van der Waals surface area contributed by atoms with Crippen LogP contribution < -0.4 is 45.6 Å². The molecule has 0 aliphatic heterocycles. The summed E-state index contributed by atoms with van der Waals surface area (Å²) in [5, 5.41) is 29.1. The average molecular weight is 1720 g/mol. The molecule has 24 heteroatoms. The predicted octanol–water partition coefficient (Wildman–Crippen LogP) is 18.9. The minimum Gasteiger partial charge on any atom is -0.489 e. The fourth-order valence-corrected chi connectivity index (χ4v) is 14.2. The maximum absolute atomic E-state index is 11.5. The van der Waals surface area contributed by atoms with E-state index in [-0.39, 0.29) is 24.4 Å². The Morgan fingerprint density at radius 1 is 0.317 bits per heavy atom. The van der Waals surface area contributed by atoms with Gasteiger partial charge >= 0.3 is 17.9 Å². The lowest BCUT2D eigenvalue weighted by molar-refractivity contribution is -0.139. The number of carboxylic acid groups (broad SMARTS) is 3. The van der Waals surface area contributed by atoms with Crippen molar-refractivity contribution >= 4 is 52.7 Å². The van der Waals surface area contributed by atoms with Gasteiger partial charge in [-0.15, -0.1) is 0 Å². The standard InChI is InChI=1S/3C33H36ClN3O4/c1-23-7-5-9-25(17-23)21-40-30-12-4-3-11-27(30)19-37(16-14-29(35)33(38)39)20-28-13-15-36-32(34)31(28)41-22-26-10-6-8-24(2)18-26;1-23-7-5-9-25(15-23)21-40-30-12-4-3-11-27(30)19-37(14-13-29(35)33(38)39)20-28-18-36-32(34)17-31(28)41-22-26-10-6-8-24(2)16-26;1-23-7-5-9-25(15-23)21-40-30-12-4-3-11-27(30)19-37(14-13-29(35)33(38)39)20-28-17-32(34)36-18-31(28)41-22-26-10-6-8-24(2)16-26/h3-13,15,17-18,29H,14,16,19-22,35H2,1-2H3,(H,38,39);2*3-12,15-18,29H,13-14,19-22,35H2,1-2H3,(H,38,39)/t3*29-/m000/s1. The quantitative estimate of drug-likeness (QED) is 0.0194. The van der Waals surface area contributed by atoms with Crippen LogP contribution in [0.25, 0.3) is 0 Å². The number of hydrogen-bond donors (Lipinski definition) is 6. The van der Waals surface area contributed by atoms with Gasteiger partial charge in [-0.2, -0.15) is 0 Å². The van der Waals surface area contributed by atoms with E-state index in [0.717, 1.165) is 101 Å². The average Bonchev–Trinajstić information content (AvgIpc) is 0.840. The molecule has 642 valence electrons. The van der Waals surface area contributed by atoms with Crippen molar-refractivity contribution in [1.29, 1.82) is 0 Å². The van der Waals surface area contributed by atoms with Crippen molar-refractivity contribution in [3.05, 3.63) is 371 Å². The van der Waals surface area contributed by atoms with Gasteiger partial charge in [-0.25, -0.2) is 15.0 Å². The molecule has 0 spiro atoms. The Labute approximate surface area is 735 Å². The number of aromatic nitrogens is 3. The fraction of sp³-hybridized carbons (Fsp3) is 0.273. The SMILES string of the molecule is Cc1cccc(COc2ccccc2CN(CC[C@H](N)C(=O)O)Cc2cc(Cl)ncc2OCc2cccc(C)c2)c1.Cc1cccc(COc2ccccc2CN(CC[C@H](N)C(=O)O)Cc2ccnc(Cl)c2OCc2cccc(C)c2)c1.Cc1cccc(COc2ccccc2CN(CC[C@H](N)C(=O)O)Cc2cnc(Cl)cc2OCc2cccc(C)c2)c1. The Balaban J connectivity index is 0.000000193. The molecule has 0 fully saturated rings. The number of nitrogens with zero attached hydrogens (tertiary/aromatic N) is 6. The molecule has 0 saturated heterocycles. The van der Waals surface area contributed by atoms with Gasteiger partial charge in [0.2, 0.25) is 0 Å². The molecule has 0 radical (unpaired) electrons. The Morgan fingerprint density at radius 2 is 0.610 bits per heavy atom. The van der Waals surface area contributed by atoms with Gasteiger partial charge < -0.3 is 60.9 Å². The van der Waals surface area contributed by atoms with Gasteiger partial charge in [-0.05, 0) is 125 Å². The van der Waals surface area contributed by atoms with Gasteiger partial charge in [0.05, 0.1) is 6.20 Å². The van der Waals surface area contributed by atoms with Crippen molar-refractivity contribution < 1.29 is 58.1 Å². The van der Waals surface area contributed by atoms with E-state index in [9.17, 15) is 29.7 Å². The predicted molar refractivity (Wildman–Crippen MR) is 483 cm³/mol. The van der Waals surface area contributed by atoms with Crippen LogP contribution in [0, 0.1) is 41.5 Å². The Hall–Kier alpha value is -11.7. The molecule has 12 aromatic rings. The number of aryl methyl sites for hydroxylation is 6. The van der Waals surface area contributed by atoms with Gasteiger partial charge in [0.15, 0.2) is 10.9 Å². The smallest absolute Gasteiger partial charge is 0.320 e. The topological polar surface area (TPSA) is 294 Å². The molecular weight excluding hydrogens is 1610 g/mol. The highest BCUT2D eigenvalue weighted by atomic mass is 35.5. The molecule has 0 bridgehead atoms. The highest BCUT2D eigenvalue weighted by Crippen LogP contribution is 2.34. The minimum atomic E-state index is -1.03. The number of hydrogen-bond acceptors (Lipinski definition) is 18. The first-order valence-corrected chi connectivity index (χ1v) is 41.8. The summed E-state index contributed by atoms with van der Waals surface area (Å²) in [7, 11) is 0. The third-order valence-electron chi connectivity index (χ3n) is 20.1. The van der Waals surface area contributed by atoms with Gasteiger partial charge in [0.1, 0.15) is 96.8 Å². The third-order valence-corrected chi connectivity index (χ3v) is 20.8. The zero-order valence-corrected chi connectivity index (χ0v) is 72.5. The van der Waals surface area contributed by atoms with Crippen molar-refractivity contribution in [3.63, 3.8) is 0 Å². The molecular formula is C99H108Cl3N9O12. The van der Waals surface area contributed by atoms with Crippen molar-refractivity contribution in [2.75, 3.05) is 19.6 Å². The van der Waals surface area contributed by atoms with Crippen molar-refractivity contribution in [3.8, 4) is 34.5 Å². The van der Waals surface area contributed by atoms with Crippen LogP contribution in [0.3, 0.4) is 0 Å². The molecule has 0 aliphatic carbocycles.